The van der Waals surface area contributed by atoms with E-state index in [1.165, 1.54) is 0 Å². The van der Waals surface area contributed by atoms with Gasteiger partial charge in [-0.1, -0.05) is 54.1 Å². The van der Waals surface area contributed by atoms with Gasteiger partial charge in [-0.05, 0) is 24.6 Å². The smallest absolute Gasteiger partial charge is 0.356 e. The topological polar surface area (TPSA) is 67.4 Å². The largest absolute Gasteiger partial charge is 0.461 e. The SMILES string of the molecule is CCOC(=O)C1=C(c2ccc(Cl)cc2)[C@H](C(=O)c2ccccc2)NN1. The Balaban J connectivity index is 2.04. The molecule has 2 N–H and O–H groups in total. The molecule has 0 spiro atoms. The molecule has 0 saturated carbocycles. The van der Waals surface area contributed by atoms with Gasteiger partial charge in [-0.15, -0.1) is 0 Å². The first-order valence-electron chi connectivity index (χ1n) is 7.90. The Kier molecular flexibility index (Phi) is 5.16. The van der Waals surface area contributed by atoms with Crippen LogP contribution in [0.1, 0.15) is 22.8 Å². The second-order valence-electron chi connectivity index (χ2n) is 5.45. The minimum Gasteiger partial charge on any atom is -0.461 e. The normalized spacial score (nSPS) is 16.5. The first kappa shape index (κ1) is 17.2. The Morgan fingerprint density at radius 1 is 1.08 bits per heavy atom. The fraction of sp³-hybridized carbons (Fsp3) is 0.158. The van der Waals surface area contributed by atoms with Crippen LogP contribution in [0.5, 0.6) is 0 Å². The molecular weight excluding hydrogens is 340 g/mol. The molecule has 6 heteroatoms. The number of hydrogen-bond acceptors (Lipinski definition) is 5. The number of halogens is 1. The van der Waals surface area contributed by atoms with Crippen LogP contribution in [0.3, 0.4) is 0 Å². The van der Waals surface area contributed by atoms with Crippen LogP contribution in [0.15, 0.2) is 60.3 Å². The van der Waals surface area contributed by atoms with Crippen molar-refractivity contribution in [1.82, 2.24) is 10.9 Å². The lowest BCUT2D eigenvalue weighted by molar-refractivity contribution is -0.138. The standard InChI is InChI=1S/C19H17ClN2O3/c1-2-25-19(24)17-15(12-8-10-14(20)11-9-12)16(21-22-17)18(23)13-6-4-3-5-7-13/h3-11,16,21-22H,2H2,1H3/t16-/m1/s1. The van der Waals surface area contributed by atoms with Gasteiger partial charge in [0, 0.05) is 16.2 Å². The van der Waals surface area contributed by atoms with Crippen molar-refractivity contribution >= 4 is 28.9 Å². The van der Waals surface area contributed by atoms with E-state index in [-0.39, 0.29) is 18.1 Å². The van der Waals surface area contributed by atoms with Crippen LogP contribution in [0, 0.1) is 0 Å². The summed E-state index contributed by atoms with van der Waals surface area (Å²) in [4.78, 5) is 25.2. The molecular formula is C19H17ClN2O3. The highest BCUT2D eigenvalue weighted by Crippen LogP contribution is 2.29. The molecule has 0 unspecified atom stereocenters. The second kappa shape index (κ2) is 7.51. The van der Waals surface area contributed by atoms with Crippen LogP contribution < -0.4 is 10.9 Å². The highest BCUT2D eigenvalue weighted by atomic mass is 35.5. The number of benzene rings is 2. The quantitative estimate of drug-likeness (QED) is 0.637. The van der Waals surface area contributed by atoms with Crippen molar-refractivity contribution in [1.29, 1.82) is 0 Å². The number of ether oxygens (including phenoxy) is 1. The lowest BCUT2D eigenvalue weighted by Gasteiger charge is -2.14. The van der Waals surface area contributed by atoms with Crippen LogP contribution in [0.2, 0.25) is 5.02 Å². The van der Waals surface area contributed by atoms with Gasteiger partial charge in [-0.25, -0.2) is 10.2 Å². The van der Waals surface area contributed by atoms with E-state index in [2.05, 4.69) is 10.9 Å². The summed E-state index contributed by atoms with van der Waals surface area (Å²) in [6.07, 6.45) is 0. The Hall–Kier alpha value is -2.63. The maximum Gasteiger partial charge on any atom is 0.356 e. The van der Waals surface area contributed by atoms with E-state index in [0.29, 0.717) is 16.2 Å². The van der Waals surface area contributed by atoms with Crippen molar-refractivity contribution in [2.24, 2.45) is 0 Å². The van der Waals surface area contributed by atoms with Crippen molar-refractivity contribution < 1.29 is 14.3 Å². The van der Waals surface area contributed by atoms with Crippen LogP contribution in [-0.4, -0.2) is 24.4 Å². The van der Waals surface area contributed by atoms with Gasteiger partial charge in [0.1, 0.15) is 11.7 Å². The molecule has 1 atom stereocenters. The number of rotatable bonds is 5. The lowest BCUT2D eigenvalue weighted by Crippen LogP contribution is -2.39. The van der Waals surface area contributed by atoms with E-state index in [1.54, 1.807) is 55.5 Å². The molecule has 25 heavy (non-hydrogen) atoms. The number of hydrogen-bond donors (Lipinski definition) is 2. The van der Waals surface area contributed by atoms with Gasteiger partial charge in [0.15, 0.2) is 5.78 Å². The molecule has 128 valence electrons. The third-order valence-electron chi connectivity index (χ3n) is 3.85. The summed E-state index contributed by atoms with van der Waals surface area (Å²) in [5, 5.41) is 0.576. The molecule has 1 aliphatic rings. The zero-order valence-electron chi connectivity index (χ0n) is 13.6. The minimum atomic E-state index is -0.706. The molecule has 0 fully saturated rings. The Morgan fingerprint density at radius 3 is 2.40 bits per heavy atom. The third kappa shape index (κ3) is 3.57. The van der Waals surface area contributed by atoms with Gasteiger partial charge >= 0.3 is 5.97 Å². The van der Waals surface area contributed by atoms with Crippen molar-refractivity contribution in [3.05, 3.63) is 76.4 Å². The molecule has 0 amide bonds. The summed E-state index contributed by atoms with van der Waals surface area (Å²) >= 11 is 5.96. The fourth-order valence-corrected chi connectivity index (χ4v) is 2.82. The lowest BCUT2D eigenvalue weighted by atomic mass is 9.92. The highest BCUT2D eigenvalue weighted by molar-refractivity contribution is 6.30. The van der Waals surface area contributed by atoms with Gasteiger partial charge in [0.2, 0.25) is 0 Å². The number of Topliss-reactive ketones (excluding diaryl/α,β-unsaturated/α-hetero) is 1. The molecule has 0 bridgehead atoms. The number of ketones is 1. The number of carbonyl (C=O) groups excluding carboxylic acids is 2. The maximum absolute atomic E-state index is 12.9. The van der Waals surface area contributed by atoms with E-state index >= 15 is 0 Å². The zero-order valence-corrected chi connectivity index (χ0v) is 14.3. The van der Waals surface area contributed by atoms with Crippen LogP contribution in [-0.2, 0) is 9.53 Å². The van der Waals surface area contributed by atoms with Gasteiger partial charge < -0.3 is 10.2 Å². The molecule has 1 aliphatic heterocycles. The molecule has 0 radical (unpaired) electrons. The Morgan fingerprint density at radius 2 is 1.76 bits per heavy atom. The van der Waals surface area contributed by atoms with Gasteiger partial charge in [0.05, 0.1) is 6.61 Å². The van der Waals surface area contributed by atoms with E-state index in [4.69, 9.17) is 16.3 Å². The molecule has 0 aliphatic carbocycles. The first-order valence-corrected chi connectivity index (χ1v) is 8.27. The molecule has 3 rings (SSSR count). The molecule has 2 aromatic carbocycles. The number of nitrogens with one attached hydrogen (secondary N) is 2. The molecule has 1 heterocycles. The zero-order chi connectivity index (χ0) is 17.8. The number of esters is 1. The summed E-state index contributed by atoms with van der Waals surface area (Å²) < 4.78 is 5.10. The average Bonchev–Trinajstić information content (AvgIpc) is 3.08. The molecule has 5 nitrogen and oxygen atoms in total. The average molecular weight is 357 g/mol. The van der Waals surface area contributed by atoms with E-state index in [0.717, 1.165) is 5.56 Å². The maximum atomic E-state index is 12.9. The summed E-state index contributed by atoms with van der Waals surface area (Å²) in [5.74, 6) is -0.652. The molecule has 0 saturated heterocycles. The summed E-state index contributed by atoms with van der Waals surface area (Å²) in [6, 6.07) is 15.2. The summed E-state index contributed by atoms with van der Waals surface area (Å²) in [6.45, 7) is 1.98. The monoisotopic (exact) mass is 356 g/mol. The van der Waals surface area contributed by atoms with E-state index < -0.39 is 12.0 Å². The van der Waals surface area contributed by atoms with Crippen molar-refractivity contribution in [2.45, 2.75) is 13.0 Å². The van der Waals surface area contributed by atoms with Gasteiger partial charge in [-0.3, -0.25) is 4.79 Å². The minimum absolute atomic E-state index is 0.141. The van der Waals surface area contributed by atoms with Crippen molar-refractivity contribution in [3.63, 3.8) is 0 Å². The number of carbonyl (C=O) groups is 2. The predicted octanol–water partition coefficient (Wildman–Crippen LogP) is 2.97. The first-order chi connectivity index (χ1) is 12.1. The van der Waals surface area contributed by atoms with Gasteiger partial charge in [0.25, 0.3) is 0 Å². The van der Waals surface area contributed by atoms with Gasteiger partial charge in [-0.2, -0.15) is 0 Å². The van der Waals surface area contributed by atoms with Crippen LogP contribution in [0.4, 0.5) is 0 Å². The van der Waals surface area contributed by atoms with Crippen LogP contribution >= 0.6 is 11.6 Å². The van der Waals surface area contributed by atoms with Crippen molar-refractivity contribution in [2.75, 3.05) is 6.61 Å². The summed E-state index contributed by atoms with van der Waals surface area (Å²) in [7, 11) is 0. The van der Waals surface area contributed by atoms with Crippen LogP contribution in [0.25, 0.3) is 5.57 Å². The van der Waals surface area contributed by atoms with Crippen molar-refractivity contribution in [3.8, 4) is 0 Å². The number of hydrazine groups is 1. The predicted molar refractivity (Wildman–Crippen MR) is 95.8 cm³/mol. The fourth-order valence-electron chi connectivity index (χ4n) is 2.70. The molecule has 2 aromatic rings. The Labute approximate surface area is 150 Å². The Bertz CT molecular complexity index is 816. The van der Waals surface area contributed by atoms with E-state index in [1.807, 2.05) is 6.07 Å². The second-order valence-corrected chi connectivity index (χ2v) is 5.89. The van der Waals surface area contributed by atoms with E-state index in [9.17, 15) is 9.59 Å². The summed E-state index contributed by atoms with van der Waals surface area (Å²) in [5.41, 5.74) is 7.76. The highest BCUT2D eigenvalue weighted by Gasteiger charge is 2.35. The molecule has 0 aromatic heterocycles. The third-order valence-corrected chi connectivity index (χ3v) is 4.11.